The summed E-state index contributed by atoms with van der Waals surface area (Å²) in [5.41, 5.74) is 10.0. The van der Waals surface area contributed by atoms with Gasteiger partial charge in [-0.1, -0.05) is 36.4 Å². The number of nitrogen functional groups attached to an aromatic ring is 1. The molecule has 0 saturated heterocycles. The fourth-order valence-corrected chi connectivity index (χ4v) is 2.79. The lowest BCUT2D eigenvalue weighted by molar-refractivity contribution is 0.813. The van der Waals surface area contributed by atoms with Gasteiger partial charge in [-0.05, 0) is 24.3 Å². The third-order valence-corrected chi connectivity index (χ3v) is 3.81. The first-order valence-corrected chi connectivity index (χ1v) is 6.99. The Morgan fingerprint density at radius 1 is 0.857 bits per heavy atom. The highest BCUT2D eigenvalue weighted by Crippen LogP contribution is 2.23. The number of fused-ring (bicyclic) bond motifs is 2. The lowest BCUT2D eigenvalue weighted by atomic mass is 10.2. The number of nitrogens with zero attached hydrogens (tertiary/aromatic N) is 2. The third-order valence-electron chi connectivity index (χ3n) is 3.81. The Morgan fingerprint density at radius 3 is 2.67 bits per heavy atom. The van der Waals surface area contributed by atoms with Crippen molar-refractivity contribution >= 4 is 27.5 Å². The molecule has 0 aliphatic heterocycles. The maximum absolute atomic E-state index is 6.10. The van der Waals surface area contributed by atoms with E-state index in [4.69, 9.17) is 10.7 Å². The van der Waals surface area contributed by atoms with Gasteiger partial charge in [0.2, 0.25) is 0 Å². The van der Waals surface area contributed by atoms with Gasteiger partial charge >= 0.3 is 0 Å². The van der Waals surface area contributed by atoms with E-state index in [0.29, 0.717) is 0 Å². The number of aromatic nitrogens is 2. The molecule has 0 radical (unpaired) electrons. The lowest BCUT2D eigenvalue weighted by Gasteiger charge is -2.08. The van der Waals surface area contributed by atoms with Crippen molar-refractivity contribution in [1.82, 2.24) is 9.55 Å². The van der Waals surface area contributed by atoms with E-state index >= 15 is 0 Å². The van der Waals surface area contributed by atoms with Crippen LogP contribution in [-0.4, -0.2) is 9.55 Å². The molecule has 0 atom stereocenters. The molecule has 2 aromatic heterocycles. The highest BCUT2D eigenvalue weighted by molar-refractivity contribution is 5.90. The van der Waals surface area contributed by atoms with Gasteiger partial charge in [0.05, 0.1) is 29.0 Å². The second kappa shape index (κ2) is 4.63. The largest absolute Gasteiger partial charge is 0.397 e. The summed E-state index contributed by atoms with van der Waals surface area (Å²) in [4.78, 5) is 4.72. The molecule has 102 valence electrons. The fraction of sp³-hybridized carbons (Fsp3) is 0.0556. The Morgan fingerprint density at radius 2 is 1.71 bits per heavy atom. The topological polar surface area (TPSA) is 43.8 Å². The van der Waals surface area contributed by atoms with Crippen LogP contribution in [0.15, 0.2) is 66.9 Å². The molecule has 2 aromatic carbocycles. The zero-order valence-corrected chi connectivity index (χ0v) is 11.5. The van der Waals surface area contributed by atoms with E-state index in [2.05, 4.69) is 41.1 Å². The van der Waals surface area contributed by atoms with E-state index in [0.717, 1.165) is 39.7 Å². The molecular formula is C18H15N3. The summed E-state index contributed by atoms with van der Waals surface area (Å²) >= 11 is 0. The molecule has 2 N–H and O–H groups in total. The second-order valence-corrected chi connectivity index (χ2v) is 5.22. The molecule has 3 heteroatoms. The molecule has 0 saturated carbocycles. The number of benzene rings is 2. The minimum Gasteiger partial charge on any atom is -0.397 e. The summed E-state index contributed by atoms with van der Waals surface area (Å²) in [6.07, 6.45) is 2.07. The molecule has 3 nitrogen and oxygen atoms in total. The van der Waals surface area contributed by atoms with Crippen LogP contribution in [0, 0.1) is 0 Å². The number of nitrogens with two attached hydrogens (primary N) is 1. The van der Waals surface area contributed by atoms with Gasteiger partial charge in [0, 0.05) is 17.0 Å². The first kappa shape index (κ1) is 12.0. The van der Waals surface area contributed by atoms with Crippen LogP contribution in [0.5, 0.6) is 0 Å². The minimum absolute atomic E-state index is 0.725. The number of pyridine rings is 1. The van der Waals surface area contributed by atoms with Gasteiger partial charge in [-0.25, -0.2) is 0 Å². The zero-order chi connectivity index (χ0) is 14.2. The molecule has 21 heavy (non-hydrogen) atoms. The number of para-hydroxylation sites is 2. The SMILES string of the molecule is Nc1cccc2ccn(Cc3ccc4ccccc4n3)c12. The zero-order valence-electron chi connectivity index (χ0n) is 11.5. The molecule has 4 aromatic rings. The van der Waals surface area contributed by atoms with Gasteiger partial charge < -0.3 is 10.3 Å². The first-order chi connectivity index (χ1) is 10.3. The monoisotopic (exact) mass is 273 g/mol. The molecule has 0 aliphatic rings. The minimum atomic E-state index is 0.725. The van der Waals surface area contributed by atoms with Crippen LogP contribution < -0.4 is 5.73 Å². The average Bonchev–Trinajstić information content (AvgIpc) is 2.92. The predicted molar refractivity (Wildman–Crippen MR) is 87.2 cm³/mol. The molecular weight excluding hydrogens is 258 g/mol. The van der Waals surface area contributed by atoms with E-state index in [1.165, 1.54) is 0 Å². The van der Waals surface area contributed by atoms with Crippen LogP contribution in [0.1, 0.15) is 5.69 Å². The standard InChI is InChI=1S/C18H15N3/c19-16-6-3-5-14-10-11-21(18(14)16)12-15-9-8-13-4-1-2-7-17(13)20-15/h1-11H,12,19H2. The van der Waals surface area contributed by atoms with Crippen LogP contribution in [-0.2, 0) is 6.54 Å². The van der Waals surface area contributed by atoms with Gasteiger partial charge in [-0.15, -0.1) is 0 Å². The lowest BCUT2D eigenvalue weighted by Crippen LogP contribution is -2.02. The Labute approximate surface area is 122 Å². The van der Waals surface area contributed by atoms with Crippen LogP contribution in [0.2, 0.25) is 0 Å². The van der Waals surface area contributed by atoms with E-state index in [9.17, 15) is 0 Å². The molecule has 0 amide bonds. The van der Waals surface area contributed by atoms with Gasteiger partial charge in [0.25, 0.3) is 0 Å². The smallest absolute Gasteiger partial charge is 0.0717 e. The number of anilines is 1. The summed E-state index contributed by atoms with van der Waals surface area (Å²) in [7, 11) is 0. The van der Waals surface area contributed by atoms with Gasteiger partial charge in [-0.2, -0.15) is 0 Å². The Bertz CT molecular complexity index is 937. The molecule has 0 spiro atoms. The van der Waals surface area contributed by atoms with E-state index in [-0.39, 0.29) is 0 Å². The van der Waals surface area contributed by atoms with E-state index < -0.39 is 0 Å². The maximum Gasteiger partial charge on any atom is 0.0717 e. The van der Waals surface area contributed by atoms with Crippen molar-refractivity contribution in [3.05, 3.63) is 72.6 Å². The van der Waals surface area contributed by atoms with Gasteiger partial charge in [0.15, 0.2) is 0 Å². The maximum atomic E-state index is 6.10. The van der Waals surface area contributed by atoms with Crippen molar-refractivity contribution in [1.29, 1.82) is 0 Å². The summed E-state index contributed by atoms with van der Waals surface area (Å²) < 4.78 is 2.15. The summed E-state index contributed by atoms with van der Waals surface area (Å²) in [6, 6.07) is 20.5. The van der Waals surface area contributed by atoms with Crippen molar-refractivity contribution < 1.29 is 0 Å². The van der Waals surface area contributed by atoms with E-state index in [1.807, 2.05) is 30.3 Å². The van der Waals surface area contributed by atoms with Gasteiger partial charge in [-0.3, -0.25) is 4.98 Å². The van der Waals surface area contributed by atoms with Crippen molar-refractivity contribution in [3.63, 3.8) is 0 Å². The highest BCUT2D eigenvalue weighted by Gasteiger charge is 2.06. The normalized spacial score (nSPS) is 11.2. The highest BCUT2D eigenvalue weighted by atomic mass is 15.0. The first-order valence-electron chi connectivity index (χ1n) is 6.99. The summed E-state index contributed by atoms with van der Waals surface area (Å²) in [5, 5.41) is 2.33. The third kappa shape index (κ3) is 2.03. The molecule has 0 bridgehead atoms. The number of hydrogen-bond acceptors (Lipinski definition) is 2. The number of rotatable bonds is 2. The van der Waals surface area contributed by atoms with Crippen molar-refractivity contribution in [2.24, 2.45) is 0 Å². The Hall–Kier alpha value is -2.81. The average molecular weight is 273 g/mol. The van der Waals surface area contributed by atoms with Crippen molar-refractivity contribution in [3.8, 4) is 0 Å². The van der Waals surface area contributed by atoms with Crippen molar-refractivity contribution in [2.75, 3.05) is 5.73 Å². The summed E-state index contributed by atoms with van der Waals surface area (Å²) in [6.45, 7) is 0.725. The molecule has 2 heterocycles. The fourth-order valence-electron chi connectivity index (χ4n) is 2.79. The predicted octanol–water partition coefficient (Wildman–Crippen LogP) is 3.82. The van der Waals surface area contributed by atoms with Crippen LogP contribution in [0.25, 0.3) is 21.8 Å². The molecule has 0 fully saturated rings. The molecule has 0 unspecified atom stereocenters. The van der Waals surface area contributed by atoms with Crippen LogP contribution in [0.3, 0.4) is 0 Å². The van der Waals surface area contributed by atoms with Crippen molar-refractivity contribution in [2.45, 2.75) is 6.54 Å². The summed E-state index contributed by atoms with van der Waals surface area (Å²) in [5.74, 6) is 0. The molecule has 4 rings (SSSR count). The second-order valence-electron chi connectivity index (χ2n) is 5.22. The molecule has 0 aliphatic carbocycles. The quantitative estimate of drug-likeness (QED) is 0.564. The van der Waals surface area contributed by atoms with Crippen LogP contribution in [0.4, 0.5) is 5.69 Å². The Kier molecular flexibility index (Phi) is 2.64. The number of hydrogen-bond donors (Lipinski definition) is 1. The van der Waals surface area contributed by atoms with Crippen LogP contribution >= 0.6 is 0 Å². The van der Waals surface area contributed by atoms with Gasteiger partial charge in [0.1, 0.15) is 0 Å². The Balaban J connectivity index is 1.79. The van der Waals surface area contributed by atoms with E-state index in [1.54, 1.807) is 0 Å².